The fourth-order valence-corrected chi connectivity index (χ4v) is 4.17. The van der Waals surface area contributed by atoms with Gasteiger partial charge in [0.2, 0.25) is 0 Å². The van der Waals surface area contributed by atoms with E-state index in [1.54, 1.807) is 18.9 Å². The molecule has 0 aliphatic carbocycles. The lowest BCUT2D eigenvalue weighted by atomic mass is 10.1. The Bertz CT molecular complexity index is 1210. The molecule has 9 nitrogen and oxygen atoms in total. The predicted molar refractivity (Wildman–Crippen MR) is 135 cm³/mol. The number of rotatable bonds is 8. The van der Waals surface area contributed by atoms with Crippen LogP contribution in [0.5, 0.6) is 5.75 Å². The Morgan fingerprint density at radius 3 is 2.28 bits per heavy atom. The Hall–Kier alpha value is -3.98. The second-order valence-electron chi connectivity index (χ2n) is 8.30. The number of aromatic nitrogens is 2. The number of nitrogens with zero attached hydrogens (tertiary/aromatic N) is 4. The van der Waals surface area contributed by atoms with Gasteiger partial charge in [-0.1, -0.05) is 42.5 Å². The lowest BCUT2D eigenvalue weighted by molar-refractivity contribution is 0.0381. The molecule has 2 aromatic carbocycles. The van der Waals surface area contributed by atoms with Gasteiger partial charge in [-0.25, -0.2) is 14.8 Å². The van der Waals surface area contributed by atoms with Crippen LogP contribution < -0.4 is 9.64 Å². The molecular formula is C27H30N4O5. The van der Waals surface area contributed by atoms with Gasteiger partial charge in [-0.05, 0) is 19.1 Å². The third-order valence-electron chi connectivity index (χ3n) is 6.04. The number of carbonyl (C=O) groups excluding carboxylic acids is 2. The lowest BCUT2D eigenvalue weighted by Gasteiger charge is -2.36. The zero-order valence-electron chi connectivity index (χ0n) is 20.8. The van der Waals surface area contributed by atoms with E-state index in [0.29, 0.717) is 37.7 Å². The number of piperazine rings is 1. The summed E-state index contributed by atoms with van der Waals surface area (Å²) in [6.45, 7) is 4.20. The zero-order valence-corrected chi connectivity index (χ0v) is 20.8. The molecule has 0 unspecified atom stereocenters. The van der Waals surface area contributed by atoms with Crippen LogP contribution in [0.15, 0.2) is 54.6 Å². The molecule has 1 saturated heterocycles. The van der Waals surface area contributed by atoms with E-state index in [0.717, 1.165) is 17.0 Å². The Morgan fingerprint density at radius 2 is 1.58 bits per heavy atom. The van der Waals surface area contributed by atoms with Crippen LogP contribution in [0.1, 0.15) is 26.5 Å². The number of hydrogen-bond donors (Lipinski definition) is 0. The smallest absolute Gasteiger partial charge is 0.342 e. The highest BCUT2D eigenvalue weighted by Gasteiger charge is 2.30. The van der Waals surface area contributed by atoms with Crippen LogP contribution >= 0.6 is 0 Å². The maximum Gasteiger partial charge on any atom is 0.342 e. The molecule has 3 aromatic rings. The van der Waals surface area contributed by atoms with Crippen molar-refractivity contribution in [3.05, 3.63) is 71.5 Å². The SMILES string of the molecule is COCCOC(=O)c1c(C)nc(-c2ccccc2)nc1C(=O)N1CCN(c2ccccc2OC)CC1. The van der Waals surface area contributed by atoms with E-state index in [-0.39, 0.29) is 30.4 Å². The average molecular weight is 491 g/mol. The molecule has 36 heavy (non-hydrogen) atoms. The molecule has 0 atom stereocenters. The minimum absolute atomic E-state index is 0.0505. The second-order valence-corrected chi connectivity index (χ2v) is 8.30. The minimum atomic E-state index is -0.639. The summed E-state index contributed by atoms with van der Waals surface area (Å²) >= 11 is 0. The molecule has 1 aromatic heterocycles. The number of hydrogen-bond acceptors (Lipinski definition) is 8. The van der Waals surface area contributed by atoms with E-state index in [1.807, 2.05) is 54.6 Å². The maximum atomic E-state index is 13.7. The van der Waals surface area contributed by atoms with E-state index in [2.05, 4.69) is 14.9 Å². The molecule has 1 aliphatic heterocycles. The predicted octanol–water partition coefficient (Wildman–Crippen LogP) is 3.23. The van der Waals surface area contributed by atoms with Crippen molar-refractivity contribution in [1.29, 1.82) is 0 Å². The summed E-state index contributed by atoms with van der Waals surface area (Å²) in [4.78, 5) is 39.7. The molecule has 1 fully saturated rings. The Kier molecular flexibility index (Phi) is 8.12. The molecule has 188 valence electrons. The summed E-state index contributed by atoms with van der Waals surface area (Å²) in [7, 11) is 3.17. The first-order valence-electron chi connectivity index (χ1n) is 11.8. The number of benzene rings is 2. The Morgan fingerprint density at radius 1 is 0.889 bits per heavy atom. The number of methoxy groups -OCH3 is 2. The van der Waals surface area contributed by atoms with Crippen molar-refractivity contribution in [3.8, 4) is 17.1 Å². The molecular weight excluding hydrogens is 460 g/mol. The van der Waals surface area contributed by atoms with Crippen LogP contribution in [0.25, 0.3) is 11.4 Å². The topological polar surface area (TPSA) is 94.1 Å². The van der Waals surface area contributed by atoms with Crippen molar-refractivity contribution in [2.75, 3.05) is 58.5 Å². The summed E-state index contributed by atoms with van der Waals surface area (Å²) in [6, 6.07) is 17.2. The minimum Gasteiger partial charge on any atom is -0.495 e. The average Bonchev–Trinajstić information content (AvgIpc) is 2.92. The third-order valence-corrected chi connectivity index (χ3v) is 6.04. The molecule has 0 spiro atoms. The van der Waals surface area contributed by atoms with Crippen LogP contribution in [0.3, 0.4) is 0 Å². The highest BCUT2D eigenvalue weighted by molar-refractivity contribution is 6.05. The summed E-state index contributed by atoms with van der Waals surface area (Å²) < 4.78 is 15.8. The second kappa shape index (κ2) is 11.6. The van der Waals surface area contributed by atoms with Crippen molar-refractivity contribution < 1.29 is 23.8 Å². The van der Waals surface area contributed by atoms with Gasteiger partial charge in [0, 0.05) is 38.9 Å². The number of esters is 1. The van der Waals surface area contributed by atoms with Crippen molar-refractivity contribution in [3.63, 3.8) is 0 Å². The van der Waals surface area contributed by atoms with Crippen molar-refractivity contribution >= 4 is 17.6 Å². The maximum absolute atomic E-state index is 13.7. The normalized spacial score (nSPS) is 13.4. The van der Waals surface area contributed by atoms with Crippen molar-refractivity contribution in [2.24, 2.45) is 0 Å². The van der Waals surface area contributed by atoms with Crippen LogP contribution in [0.4, 0.5) is 5.69 Å². The summed E-state index contributed by atoms with van der Waals surface area (Å²) in [5.41, 5.74) is 2.27. The van der Waals surface area contributed by atoms with E-state index in [4.69, 9.17) is 14.2 Å². The lowest BCUT2D eigenvalue weighted by Crippen LogP contribution is -2.49. The molecule has 0 radical (unpaired) electrons. The monoisotopic (exact) mass is 490 g/mol. The number of ether oxygens (including phenoxy) is 3. The Labute approximate surface area is 210 Å². The molecule has 0 bridgehead atoms. The molecule has 4 rings (SSSR count). The van der Waals surface area contributed by atoms with Gasteiger partial charge in [0.25, 0.3) is 5.91 Å². The number of amides is 1. The van der Waals surface area contributed by atoms with Gasteiger partial charge in [0.1, 0.15) is 23.6 Å². The fraction of sp³-hybridized carbons (Fsp3) is 0.333. The van der Waals surface area contributed by atoms with E-state index in [1.165, 1.54) is 7.11 Å². The van der Waals surface area contributed by atoms with Gasteiger partial charge < -0.3 is 24.0 Å². The van der Waals surface area contributed by atoms with Gasteiger partial charge in [0.05, 0.1) is 25.1 Å². The molecule has 1 amide bonds. The van der Waals surface area contributed by atoms with E-state index < -0.39 is 5.97 Å². The highest BCUT2D eigenvalue weighted by atomic mass is 16.6. The van der Waals surface area contributed by atoms with Gasteiger partial charge in [-0.2, -0.15) is 0 Å². The molecule has 0 saturated carbocycles. The number of carbonyl (C=O) groups is 2. The highest BCUT2D eigenvalue weighted by Crippen LogP contribution is 2.29. The number of aryl methyl sites for hydroxylation is 1. The van der Waals surface area contributed by atoms with E-state index >= 15 is 0 Å². The largest absolute Gasteiger partial charge is 0.495 e. The van der Waals surface area contributed by atoms with Gasteiger partial charge >= 0.3 is 5.97 Å². The molecule has 1 aliphatic rings. The first-order valence-corrected chi connectivity index (χ1v) is 11.8. The van der Waals surface area contributed by atoms with Crippen molar-refractivity contribution in [2.45, 2.75) is 6.92 Å². The van der Waals surface area contributed by atoms with E-state index in [9.17, 15) is 9.59 Å². The Balaban J connectivity index is 1.61. The number of para-hydroxylation sites is 2. The summed E-state index contributed by atoms with van der Waals surface area (Å²) in [6.07, 6.45) is 0. The summed E-state index contributed by atoms with van der Waals surface area (Å²) in [5, 5.41) is 0. The number of anilines is 1. The first-order chi connectivity index (χ1) is 17.5. The third kappa shape index (κ3) is 5.46. The molecule has 9 heteroatoms. The van der Waals surface area contributed by atoms with Crippen LogP contribution in [0, 0.1) is 6.92 Å². The van der Waals surface area contributed by atoms with Crippen LogP contribution in [-0.4, -0.2) is 80.4 Å². The van der Waals surface area contributed by atoms with Crippen LogP contribution in [-0.2, 0) is 9.47 Å². The zero-order chi connectivity index (χ0) is 25.5. The summed E-state index contributed by atoms with van der Waals surface area (Å²) in [5.74, 6) is 0.214. The fourth-order valence-electron chi connectivity index (χ4n) is 4.17. The first kappa shape index (κ1) is 25.1. The van der Waals surface area contributed by atoms with Crippen molar-refractivity contribution in [1.82, 2.24) is 14.9 Å². The van der Waals surface area contributed by atoms with Crippen LogP contribution in [0.2, 0.25) is 0 Å². The van der Waals surface area contributed by atoms with Gasteiger partial charge in [-0.15, -0.1) is 0 Å². The van der Waals surface area contributed by atoms with Gasteiger partial charge in [-0.3, -0.25) is 4.79 Å². The standard InChI is InChI=1S/C27H30N4O5/c1-19-23(27(33)36-18-17-34-2)24(29-25(28-19)20-9-5-4-6-10-20)26(32)31-15-13-30(14-16-31)21-11-7-8-12-22(21)35-3/h4-12H,13-18H2,1-3H3. The molecule has 2 heterocycles. The van der Waals surface area contributed by atoms with Gasteiger partial charge in [0.15, 0.2) is 5.82 Å². The quantitative estimate of drug-likeness (QED) is 0.351. The molecule has 0 N–H and O–H groups in total.